The van der Waals surface area contributed by atoms with Crippen LogP contribution in [-0.2, 0) is 4.74 Å². The van der Waals surface area contributed by atoms with E-state index in [9.17, 15) is 15.2 Å². The Morgan fingerprint density at radius 1 is 1.38 bits per heavy atom. The van der Waals surface area contributed by atoms with Crippen molar-refractivity contribution in [3.63, 3.8) is 0 Å². The fraction of sp³-hybridized carbons (Fsp3) is 0.579. The van der Waals surface area contributed by atoms with Gasteiger partial charge in [0.25, 0.3) is 5.91 Å². The lowest BCUT2D eigenvalue weighted by atomic mass is 9.70. The van der Waals surface area contributed by atoms with E-state index < -0.39 is 5.60 Å². The molecule has 2 atom stereocenters. The topological polar surface area (TPSA) is 73.6 Å². The van der Waals surface area contributed by atoms with Gasteiger partial charge < -0.3 is 14.7 Å². The van der Waals surface area contributed by atoms with Crippen molar-refractivity contribution in [2.24, 2.45) is 11.8 Å². The maximum atomic E-state index is 12.8. The van der Waals surface area contributed by atoms with Crippen LogP contribution in [0.15, 0.2) is 24.3 Å². The smallest absolute Gasteiger partial charge is 0.255 e. The first-order chi connectivity index (χ1) is 11.6. The standard InChI is InChI=1S/C19H24N2O3/c1-14-13-21(18(22)17-5-3-2-4-15(17)12-20)9-8-19(14,23)16-6-10-24-11-7-16/h2-5,14,16,23H,6-11,13H2,1H3/t14-,19+/m1/s1. The lowest BCUT2D eigenvalue weighted by molar-refractivity contribution is -0.125. The zero-order chi connectivity index (χ0) is 17.2. The van der Waals surface area contributed by atoms with Crippen LogP contribution in [0.3, 0.4) is 0 Å². The Bertz CT molecular complexity index is 648. The lowest BCUT2D eigenvalue weighted by Gasteiger charge is -2.48. The Kier molecular flexibility index (Phi) is 4.88. The molecule has 2 saturated heterocycles. The van der Waals surface area contributed by atoms with Crippen LogP contribution in [0, 0.1) is 23.2 Å². The van der Waals surface area contributed by atoms with Crippen LogP contribution in [0.5, 0.6) is 0 Å². The van der Waals surface area contributed by atoms with Crippen LogP contribution in [0.2, 0.25) is 0 Å². The predicted molar refractivity (Wildman–Crippen MR) is 89.3 cm³/mol. The van der Waals surface area contributed by atoms with Crippen LogP contribution in [0.4, 0.5) is 0 Å². The van der Waals surface area contributed by atoms with E-state index >= 15 is 0 Å². The second-order valence-corrected chi connectivity index (χ2v) is 6.94. The normalized spacial score (nSPS) is 28.4. The van der Waals surface area contributed by atoms with E-state index in [1.54, 1.807) is 29.2 Å². The van der Waals surface area contributed by atoms with E-state index in [1.165, 1.54) is 0 Å². The van der Waals surface area contributed by atoms with Crippen molar-refractivity contribution in [3.8, 4) is 6.07 Å². The van der Waals surface area contributed by atoms with Gasteiger partial charge in [0.2, 0.25) is 0 Å². The number of carbonyl (C=O) groups is 1. The molecule has 0 radical (unpaired) electrons. The number of nitrogens with zero attached hydrogens (tertiary/aromatic N) is 2. The van der Waals surface area contributed by atoms with Gasteiger partial charge in [-0.15, -0.1) is 0 Å². The van der Waals surface area contributed by atoms with Gasteiger partial charge in [0.15, 0.2) is 0 Å². The molecule has 1 N–H and O–H groups in total. The summed E-state index contributed by atoms with van der Waals surface area (Å²) < 4.78 is 5.41. The Balaban J connectivity index is 1.73. The van der Waals surface area contributed by atoms with Crippen molar-refractivity contribution >= 4 is 5.91 Å². The first-order valence-corrected chi connectivity index (χ1v) is 8.65. The van der Waals surface area contributed by atoms with Crippen LogP contribution in [0.1, 0.15) is 42.1 Å². The molecule has 0 aromatic heterocycles. The summed E-state index contributed by atoms with van der Waals surface area (Å²) in [6, 6.07) is 8.99. The molecule has 0 spiro atoms. The number of hydrogen-bond donors (Lipinski definition) is 1. The third-order valence-electron chi connectivity index (χ3n) is 5.62. The molecule has 0 unspecified atom stereocenters. The Morgan fingerprint density at radius 2 is 2.08 bits per heavy atom. The van der Waals surface area contributed by atoms with Crippen molar-refractivity contribution in [1.29, 1.82) is 5.26 Å². The average molecular weight is 328 g/mol. The van der Waals surface area contributed by atoms with Gasteiger partial charge in [-0.1, -0.05) is 19.1 Å². The minimum atomic E-state index is -0.727. The lowest BCUT2D eigenvalue weighted by Crippen LogP contribution is -2.56. The molecular formula is C19H24N2O3. The molecule has 2 aliphatic heterocycles. The van der Waals surface area contributed by atoms with Crippen molar-refractivity contribution in [2.75, 3.05) is 26.3 Å². The highest BCUT2D eigenvalue weighted by Gasteiger charge is 2.46. The number of hydrogen-bond acceptors (Lipinski definition) is 4. The van der Waals surface area contributed by atoms with Gasteiger partial charge in [0.1, 0.15) is 0 Å². The molecule has 3 rings (SSSR count). The molecule has 0 bridgehead atoms. The third-order valence-corrected chi connectivity index (χ3v) is 5.62. The van der Waals surface area contributed by atoms with Crippen molar-refractivity contribution in [1.82, 2.24) is 4.90 Å². The van der Waals surface area contributed by atoms with E-state index in [1.807, 2.05) is 6.92 Å². The fourth-order valence-electron chi connectivity index (χ4n) is 4.07. The van der Waals surface area contributed by atoms with Gasteiger partial charge in [-0.05, 0) is 37.3 Å². The first-order valence-electron chi connectivity index (χ1n) is 8.65. The molecule has 0 aliphatic carbocycles. The molecule has 5 heteroatoms. The van der Waals surface area contributed by atoms with Gasteiger partial charge in [-0.25, -0.2) is 0 Å². The van der Waals surface area contributed by atoms with Gasteiger partial charge in [0.05, 0.1) is 22.8 Å². The van der Waals surface area contributed by atoms with Gasteiger partial charge in [-0.2, -0.15) is 5.26 Å². The fourth-order valence-corrected chi connectivity index (χ4v) is 4.07. The predicted octanol–water partition coefficient (Wildman–Crippen LogP) is 2.20. The molecule has 1 aromatic rings. The Labute approximate surface area is 142 Å². The third kappa shape index (κ3) is 3.04. The van der Waals surface area contributed by atoms with Gasteiger partial charge in [-0.3, -0.25) is 4.79 Å². The number of amides is 1. The summed E-state index contributed by atoms with van der Waals surface area (Å²) in [4.78, 5) is 14.6. The van der Waals surface area contributed by atoms with Crippen molar-refractivity contribution < 1.29 is 14.6 Å². The van der Waals surface area contributed by atoms with E-state index in [4.69, 9.17) is 4.74 Å². The summed E-state index contributed by atoms with van der Waals surface area (Å²) in [6.07, 6.45) is 2.34. The Morgan fingerprint density at radius 3 is 2.75 bits per heavy atom. The number of piperidine rings is 1. The van der Waals surface area contributed by atoms with Crippen LogP contribution in [0.25, 0.3) is 0 Å². The highest BCUT2D eigenvalue weighted by Crippen LogP contribution is 2.39. The maximum absolute atomic E-state index is 12.8. The van der Waals surface area contributed by atoms with Crippen LogP contribution in [-0.4, -0.2) is 47.8 Å². The van der Waals surface area contributed by atoms with Gasteiger partial charge >= 0.3 is 0 Å². The summed E-state index contributed by atoms with van der Waals surface area (Å²) in [7, 11) is 0. The van der Waals surface area contributed by atoms with E-state index in [0.717, 1.165) is 12.8 Å². The zero-order valence-electron chi connectivity index (χ0n) is 14.1. The van der Waals surface area contributed by atoms with E-state index in [2.05, 4.69) is 6.07 Å². The molecule has 2 heterocycles. The molecule has 1 amide bonds. The Hall–Kier alpha value is -1.90. The van der Waals surface area contributed by atoms with Crippen molar-refractivity contribution in [2.45, 2.75) is 31.8 Å². The molecule has 0 saturated carbocycles. The molecule has 1 aromatic carbocycles. The van der Waals surface area contributed by atoms with Crippen LogP contribution < -0.4 is 0 Å². The SMILES string of the molecule is C[C@@H]1CN(C(=O)c2ccccc2C#N)CC[C@@]1(O)C1CCOCC1. The second-order valence-electron chi connectivity index (χ2n) is 6.94. The molecule has 2 fully saturated rings. The van der Waals surface area contributed by atoms with Gasteiger partial charge in [0, 0.05) is 32.2 Å². The summed E-state index contributed by atoms with van der Waals surface area (Å²) in [5, 5.41) is 20.4. The summed E-state index contributed by atoms with van der Waals surface area (Å²) in [6.45, 7) is 4.48. The molecule has 5 nitrogen and oxygen atoms in total. The second kappa shape index (κ2) is 6.92. The number of benzene rings is 1. The largest absolute Gasteiger partial charge is 0.389 e. The van der Waals surface area contributed by atoms with Crippen LogP contribution >= 0.6 is 0 Å². The molecule has 24 heavy (non-hydrogen) atoms. The minimum absolute atomic E-state index is 0.00699. The van der Waals surface area contributed by atoms with E-state index in [0.29, 0.717) is 43.9 Å². The highest BCUT2D eigenvalue weighted by molar-refractivity contribution is 5.96. The maximum Gasteiger partial charge on any atom is 0.255 e. The quantitative estimate of drug-likeness (QED) is 0.903. The number of likely N-dealkylation sites (tertiary alicyclic amines) is 1. The average Bonchev–Trinajstić information content (AvgIpc) is 2.64. The van der Waals surface area contributed by atoms with Crippen molar-refractivity contribution in [3.05, 3.63) is 35.4 Å². The molecule has 128 valence electrons. The number of aliphatic hydroxyl groups is 1. The summed E-state index contributed by atoms with van der Waals surface area (Å²) >= 11 is 0. The molecule has 2 aliphatic rings. The minimum Gasteiger partial charge on any atom is -0.389 e. The highest BCUT2D eigenvalue weighted by atomic mass is 16.5. The molecular weight excluding hydrogens is 304 g/mol. The number of rotatable bonds is 2. The number of carbonyl (C=O) groups excluding carboxylic acids is 1. The monoisotopic (exact) mass is 328 g/mol. The number of nitriles is 1. The summed E-state index contributed by atoms with van der Waals surface area (Å²) in [5.41, 5.74) is 0.124. The summed E-state index contributed by atoms with van der Waals surface area (Å²) in [5.74, 6) is 0.130. The zero-order valence-corrected chi connectivity index (χ0v) is 14.1. The first kappa shape index (κ1) is 16.9. The number of ether oxygens (including phenoxy) is 1. The van der Waals surface area contributed by atoms with E-state index in [-0.39, 0.29) is 17.7 Å².